The van der Waals surface area contributed by atoms with Crippen LogP contribution in [0, 0.1) is 0 Å². The zero-order valence-electron chi connectivity index (χ0n) is 9.39. The van der Waals surface area contributed by atoms with Crippen molar-refractivity contribution in [2.24, 2.45) is 0 Å². The molecule has 5 heteroatoms. The normalized spacial score (nSPS) is 13.8. The van der Waals surface area contributed by atoms with E-state index in [2.05, 4.69) is 21.2 Å². The molecule has 92 valence electrons. The molecule has 17 heavy (non-hydrogen) atoms. The molecular weight excluding hydrogens is 286 g/mol. The molecule has 1 aromatic carbocycles. The molecular formula is C12H14BrNO3. The molecule has 0 heterocycles. The van der Waals surface area contributed by atoms with E-state index in [4.69, 9.17) is 5.11 Å². The number of aliphatic carboxylic acids is 1. The molecule has 2 N–H and O–H groups in total. The molecule has 0 bridgehead atoms. The molecule has 1 amide bonds. The summed E-state index contributed by atoms with van der Waals surface area (Å²) < 4.78 is 0. The largest absolute Gasteiger partial charge is 0.480 e. The summed E-state index contributed by atoms with van der Waals surface area (Å²) in [5, 5.41) is 11.1. The van der Waals surface area contributed by atoms with Crippen molar-refractivity contribution in [2.45, 2.75) is 24.2 Å². The first kappa shape index (κ1) is 13.7. The van der Waals surface area contributed by atoms with Crippen molar-refractivity contribution >= 4 is 27.8 Å². The minimum Gasteiger partial charge on any atom is -0.480 e. The van der Waals surface area contributed by atoms with E-state index >= 15 is 0 Å². The Morgan fingerprint density at radius 2 is 1.94 bits per heavy atom. The number of hydrogen-bond donors (Lipinski definition) is 2. The van der Waals surface area contributed by atoms with Crippen LogP contribution < -0.4 is 5.32 Å². The Bertz CT molecular complexity index is 394. The molecule has 0 aliphatic carbocycles. The molecule has 0 aliphatic heterocycles. The molecule has 0 aromatic heterocycles. The van der Waals surface area contributed by atoms with Gasteiger partial charge in [-0.1, -0.05) is 46.3 Å². The number of alkyl halides is 1. The van der Waals surface area contributed by atoms with E-state index in [0.717, 1.165) is 5.56 Å². The fourth-order valence-electron chi connectivity index (χ4n) is 1.28. The van der Waals surface area contributed by atoms with Gasteiger partial charge >= 0.3 is 5.97 Å². The number of carbonyl (C=O) groups is 2. The summed E-state index contributed by atoms with van der Waals surface area (Å²) in [6.07, 6.45) is 0.527. The van der Waals surface area contributed by atoms with Crippen LogP contribution in [0.25, 0.3) is 0 Å². The second kappa shape index (κ2) is 6.39. The van der Waals surface area contributed by atoms with Gasteiger partial charge in [0.05, 0.1) is 4.83 Å². The second-order valence-electron chi connectivity index (χ2n) is 3.73. The number of carboxylic acid groups (broad SMARTS) is 1. The van der Waals surface area contributed by atoms with E-state index in [1.807, 2.05) is 30.3 Å². The Balaban J connectivity index is 2.50. The van der Waals surface area contributed by atoms with Gasteiger partial charge in [0.1, 0.15) is 6.04 Å². The van der Waals surface area contributed by atoms with Crippen molar-refractivity contribution in [1.29, 1.82) is 0 Å². The Labute approximate surface area is 108 Å². The SMILES string of the molecule is C[C@H](NC(=O)C(Br)Cc1ccccc1)C(=O)O. The van der Waals surface area contributed by atoms with Gasteiger partial charge in [-0.15, -0.1) is 0 Å². The van der Waals surface area contributed by atoms with E-state index in [9.17, 15) is 9.59 Å². The van der Waals surface area contributed by atoms with Gasteiger partial charge in [0.15, 0.2) is 0 Å². The van der Waals surface area contributed by atoms with Gasteiger partial charge in [0.25, 0.3) is 0 Å². The van der Waals surface area contributed by atoms with Crippen LogP contribution in [0.1, 0.15) is 12.5 Å². The van der Waals surface area contributed by atoms with Crippen LogP contribution in [-0.2, 0) is 16.0 Å². The minimum atomic E-state index is -1.04. The molecule has 0 saturated carbocycles. The summed E-state index contributed by atoms with van der Waals surface area (Å²) >= 11 is 3.25. The number of amides is 1. The van der Waals surface area contributed by atoms with Crippen LogP contribution in [0.2, 0.25) is 0 Å². The number of halogens is 1. The summed E-state index contributed by atoms with van der Waals surface area (Å²) in [7, 11) is 0. The lowest BCUT2D eigenvalue weighted by atomic mass is 10.1. The fraction of sp³-hybridized carbons (Fsp3) is 0.333. The molecule has 1 rings (SSSR count). The maximum Gasteiger partial charge on any atom is 0.325 e. The van der Waals surface area contributed by atoms with E-state index in [0.29, 0.717) is 6.42 Å². The Morgan fingerprint density at radius 1 is 1.35 bits per heavy atom. The molecule has 0 aliphatic rings. The van der Waals surface area contributed by atoms with Gasteiger partial charge in [0.2, 0.25) is 5.91 Å². The van der Waals surface area contributed by atoms with Crippen molar-refractivity contribution in [3.05, 3.63) is 35.9 Å². The van der Waals surface area contributed by atoms with Gasteiger partial charge in [-0.05, 0) is 18.9 Å². The molecule has 0 spiro atoms. The first-order chi connectivity index (χ1) is 8.00. The summed E-state index contributed by atoms with van der Waals surface area (Å²) in [6.45, 7) is 1.43. The molecule has 0 saturated heterocycles. The van der Waals surface area contributed by atoms with Crippen molar-refractivity contribution in [2.75, 3.05) is 0 Å². The molecule has 1 aromatic rings. The molecule has 1 unspecified atom stereocenters. The number of nitrogens with one attached hydrogen (secondary N) is 1. The molecule has 4 nitrogen and oxygen atoms in total. The zero-order valence-corrected chi connectivity index (χ0v) is 11.0. The van der Waals surface area contributed by atoms with Gasteiger partial charge < -0.3 is 10.4 Å². The third-order valence-electron chi connectivity index (χ3n) is 2.27. The fourth-order valence-corrected chi connectivity index (χ4v) is 1.79. The standard InChI is InChI=1S/C12H14BrNO3/c1-8(12(16)17)14-11(15)10(13)7-9-5-3-2-4-6-9/h2-6,8,10H,7H2,1H3,(H,14,15)(H,16,17)/t8-,10?/m0/s1. The van der Waals surface area contributed by atoms with Crippen LogP contribution in [0.4, 0.5) is 0 Å². The van der Waals surface area contributed by atoms with Crippen LogP contribution in [0.5, 0.6) is 0 Å². The van der Waals surface area contributed by atoms with Crippen molar-refractivity contribution in [1.82, 2.24) is 5.32 Å². The first-order valence-corrected chi connectivity index (χ1v) is 6.13. The third-order valence-corrected chi connectivity index (χ3v) is 3.01. The van der Waals surface area contributed by atoms with Crippen LogP contribution in [-0.4, -0.2) is 27.9 Å². The van der Waals surface area contributed by atoms with E-state index in [1.54, 1.807) is 0 Å². The Kier molecular flexibility index (Phi) is 5.15. The third kappa shape index (κ3) is 4.56. The Hall–Kier alpha value is -1.36. The molecule has 0 radical (unpaired) electrons. The van der Waals surface area contributed by atoms with Crippen molar-refractivity contribution in [3.63, 3.8) is 0 Å². The molecule has 0 fully saturated rings. The summed E-state index contributed by atoms with van der Waals surface area (Å²) in [6, 6.07) is 8.65. The highest BCUT2D eigenvalue weighted by Gasteiger charge is 2.20. The zero-order chi connectivity index (χ0) is 12.8. The van der Waals surface area contributed by atoms with Crippen molar-refractivity contribution in [3.8, 4) is 0 Å². The predicted octanol–water partition coefficient (Wildman–Crippen LogP) is 1.58. The van der Waals surface area contributed by atoms with E-state index in [1.165, 1.54) is 6.92 Å². The lowest BCUT2D eigenvalue weighted by molar-refractivity contribution is -0.141. The van der Waals surface area contributed by atoms with Crippen LogP contribution >= 0.6 is 15.9 Å². The van der Waals surface area contributed by atoms with E-state index in [-0.39, 0.29) is 5.91 Å². The number of benzene rings is 1. The lowest BCUT2D eigenvalue weighted by Crippen LogP contribution is -2.42. The number of hydrogen-bond acceptors (Lipinski definition) is 2. The van der Waals surface area contributed by atoms with Crippen LogP contribution in [0.3, 0.4) is 0 Å². The highest BCUT2D eigenvalue weighted by Crippen LogP contribution is 2.10. The van der Waals surface area contributed by atoms with Gasteiger partial charge in [0, 0.05) is 0 Å². The smallest absolute Gasteiger partial charge is 0.325 e. The summed E-state index contributed by atoms with van der Waals surface area (Å²) in [4.78, 5) is 21.8. The lowest BCUT2D eigenvalue weighted by Gasteiger charge is -2.13. The number of carbonyl (C=O) groups excluding carboxylic acids is 1. The van der Waals surface area contributed by atoms with Crippen LogP contribution in [0.15, 0.2) is 30.3 Å². The predicted molar refractivity (Wildman–Crippen MR) is 68.1 cm³/mol. The van der Waals surface area contributed by atoms with Crippen molar-refractivity contribution < 1.29 is 14.7 Å². The maximum atomic E-state index is 11.6. The summed E-state index contributed by atoms with van der Waals surface area (Å²) in [5.74, 6) is -1.36. The average Bonchev–Trinajstić information content (AvgIpc) is 2.29. The summed E-state index contributed by atoms with van der Waals surface area (Å²) in [5.41, 5.74) is 1.02. The highest BCUT2D eigenvalue weighted by atomic mass is 79.9. The number of rotatable bonds is 5. The first-order valence-electron chi connectivity index (χ1n) is 5.22. The monoisotopic (exact) mass is 299 g/mol. The second-order valence-corrected chi connectivity index (χ2v) is 4.83. The quantitative estimate of drug-likeness (QED) is 0.811. The Morgan fingerprint density at radius 3 is 2.47 bits per heavy atom. The molecule has 2 atom stereocenters. The average molecular weight is 300 g/mol. The highest BCUT2D eigenvalue weighted by molar-refractivity contribution is 9.10. The topological polar surface area (TPSA) is 66.4 Å². The van der Waals surface area contributed by atoms with Gasteiger partial charge in [-0.25, -0.2) is 0 Å². The van der Waals surface area contributed by atoms with E-state index < -0.39 is 16.8 Å². The number of carboxylic acids is 1. The van der Waals surface area contributed by atoms with Gasteiger partial charge in [-0.2, -0.15) is 0 Å². The maximum absolute atomic E-state index is 11.6. The minimum absolute atomic E-state index is 0.316. The van der Waals surface area contributed by atoms with Gasteiger partial charge in [-0.3, -0.25) is 9.59 Å².